The van der Waals surface area contributed by atoms with E-state index in [4.69, 9.17) is 4.74 Å². The lowest BCUT2D eigenvalue weighted by Crippen LogP contribution is -1.97. The lowest BCUT2D eigenvalue weighted by molar-refractivity contribution is 0.305. The number of hydrogen-bond donors (Lipinski definition) is 0. The van der Waals surface area contributed by atoms with Crippen molar-refractivity contribution in [3.05, 3.63) is 84.2 Å². The normalized spacial score (nSPS) is 10.7. The van der Waals surface area contributed by atoms with E-state index in [1.807, 2.05) is 54.6 Å². The minimum absolute atomic E-state index is 0.492. The average Bonchev–Trinajstić information content (AvgIpc) is 2.61. The molecule has 0 aliphatic carbocycles. The van der Waals surface area contributed by atoms with Crippen LogP contribution >= 0.6 is 0 Å². The third-order valence-corrected chi connectivity index (χ3v) is 3.07. The van der Waals surface area contributed by atoms with Crippen molar-refractivity contribution in [1.82, 2.24) is 15.0 Å². The van der Waals surface area contributed by atoms with E-state index in [9.17, 15) is 0 Å². The molecule has 4 nitrogen and oxygen atoms in total. The van der Waals surface area contributed by atoms with Gasteiger partial charge in [-0.2, -0.15) is 0 Å². The van der Waals surface area contributed by atoms with Crippen LogP contribution in [-0.2, 0) is 6.61 Å². The van der Waals surface area contributed by atoms with E-state index < -0.39 is 0 Å². The Balaban J connectivity index is 1.74. The van der Waals surface area contributed by atoms with Gasteiger partial charge in [-0.15, -0.1) is 0 Å². The third kappa shape index (κ3) is 3.76. The molecule has 3 rings (SSSR count). The van der Waals surface area contributed by atoms with E-state index in [0.29, 0.717) is 6.61 Å². The molecule has 0 N–H and O–H groups in total. The molecule has 2 aromatic heterocycles. The van der Waals surface area contributed by atoms with E-state index in [1.165, 1.54) is 6.33 Å². The van der Waals surface area contributed by atoms with Gasteiger partial charge in [-0.3, -0.25) is 4.98 Å². The summed E-state index contributed by atoms with van der Waals surface area (Å²) in [6, 6.07) is 13.7. The molecule has 0 radical (unpaired) electrons. The fraction of sp³-hybridized carbons (Fsp3) is 0.0556. The molecule has 0 aliphatic rings. The van der Waals surface area contributed by atoms with Crippen molar-refractivity contribution >= 4 is 12.2 Å². The van der Waals surface area contributed by atoms with Gasteiger partial charge in [0.05, 0.1) is 5.69 Å². The molecule has 0 atom stereocenters. The molecule has 1 aromatic carbocycles. The standard InChI is InChI=1S/C18H15N3O/c1-2-6-18(22-13-15-4-3-10-19-12-15)16(5-1)7-8-17-9-11-20-14-21-17/h1-12,14H,13H2. The monoisotopic (exact) mass is 289 g/mol. The molecule has 4 heteroatoms. The van der Waals surface area contributed by atoms with E-state index in [0.717, 1.165) is 22.6 Å². The zero-order valence-electron chi connectivity index (χ0n) is 12.0. The minimum Gasteiger partial charge on any atom is -0.488 e. The fourth-order valence-electron chi connectivity index (χ4n) is 1.97. The maximum Gasteiger partial charge on any atom is 0.127 e. The zero-order chi connectivity index (χ0) is 15.0. The summed E-state index contributed by atoms with van der Waals surface area (Å²) in [5.74, 6) is 0.830. The molecule has 0 aliphatic heterocycles. The number of para-hydroxylation sites is 1. The quantitative estimate of drug-likeness (QED) is 0.719. The average molecular weight is 289 g/mol. The first-order chi connectivity index (χ1) is 10.9. The van der Waals surface area contributed by atoms with E-state index in [1.54, 1.807) is 18.6 Å². The van der Waals surface area contributed by atoms with Crippen molar-refractivity contribution < 1.29 is 4.74 Å². The summed E-state index contributed by atoms with van der Waals surface area (Å²) in [4.78, 5) is 12.2. The van der Waals surface area contributed by atoms with Gasteiger partial charge in [-0.25, -0.2) is 9.97 Å². The molecule has 108 valence electrons. The van der Waals surface area contributed by atoms with E-state index >= 15 is 0 Å². The van der Waals surface area contributed by atoms with Gasteiger partial charge in [0, 0.05) is 29.7 Å². The number of benzene rings is 1. The maximum atomic E-state index is 5.89. The van der Waals surface area contributed by atoms with Crippen LogP contribution < -0.4 is 4.74 Å². The maximum absolute atomic E-state index is 5.89. The van der Waals surface area contributed by atoms with Gasteiger partial charge in [0.1, 0.15) is 18.7 Å². The number of nitrogens with zero attached hydrogens (tertiary/aromatic N) is 3. The second kappa shape index (κ2) is 7.13. The van der Waals surface area contributed by atoms with Crippen LogP contribution in [-0.4, -0.2) is 15.0 Å². The van der Waals surface area contributed by atoms with Crippen LogP contribution in [0.1, 0.15) is 16.8 Å². The van der Waals surface area contributed by atoms with Crippen LogP contribution in [0.25, 0.3) is 12.2 Å². The summed E-state index contributed by atoms with van der Waals surface area (Å²) in [5.41, 5.74) is 2.90. The van der Waals surface area contributed by atoms with Crippen LogP contribution in [0.15, 0.2) is 67.4 Å². The molecule has 3 aromatic rings. The minimum atomic E-state index is 0.492. The Kier molecular flexibility index (Phi) is 4.52. The lowest BCUT2D eigenvalue weighted by atomic mass is 10.1. The molecule has 0 saturated carbocycles. The summed E-state index contributed by atoms with van der Waals surface area (Å²) in [6.07, 6.45) is 10.7. The first-order valence-corrected chi connectivity index (χ1v) is 6.97. The third-order valence-electron chi connectivity index (χ3n) is 3.07. The highest BCUT2D eigenvalue weighted by atomic mass is 16.5. The van der Waals surface area contributed by atoms with E-state index in [2.05, 4.69) is 15.0 Å². The summed E-state index contributed by atoms with van der Waals surface area (Å²) in [5, 5.41) is 0. The Bertz CT molecular complexity index is 743. The SMILES string of the molecule is C(=Cc1ccccc1OCc1cccnc1)c1ccncn1. The molecular formula is C18H15N3O. The van der Waals surface area contributed by atoms with Crippen molar-refractivity contribution in [2.45, 2.75) is 6.61 Å². The smallest absolute Gasteiger partial charge is 0.127 e. The molecule has 22 heavy (non-hydrogen) atoms. The van der Waals surface area contributed by atoms with Gasteiger partial charge in [0.25, 0.3) is 0 Å². The van der Waals surface area contributed by atoms with Crippen LogP contribution in [0.2, 0.25) is 0 Å². The predicted molar refractivity (Wildman–Crippen MR) is 86.0 cm³/mol. The van der Waals surface area contributed by atoms with E-state index in [-0.39, 0.29) is 0 Å². The van der Waals surface area contributed by atoms with Crippen LogP contribution in [0, 0.1) is 0 Å². The van der Waals surface area contributed by atoms with Gasteiger partial charge in [0.15, 0.2) is 0 Å². The number of ether oxygens (including phenoxy) is 1. The molecule has 0 unspecified atom stereocenters. The highest BCUT2D eigenvalue weighted by molar-refractivity contribution is 5.71. The summed E-state index contributed by atoms with van der Waals surface area (Å²) in [6.45, 7) is 0.492. The Morgan fingerprint density at radius 1 is 0.909 bits per heavy atom. The van der Waals surface area contributed by atoms with Gasteiger partial charge in [-0.1, -0.05) is 24.3 Å². The largest absolute Gasteiger partial charge is 0.488 e. The Morgan fingerprint density at radius 3 is 2.68 bits per heavy atom. The van der Waals surface area contributed by atoms with Crippen LogP contribution in [0.5, 0.6) is 5.75 Å². The lowest BCUT2D eigenvalue weighted by Gasteiger charge is -2.08. The van der Waals surface area contributed by atoms with Crippen molar-refractivity contribution in [2.75, 3.05) is 0 Å². The number of aromatic nitrogens is 3. The molecule has 0 bridgehead atoms. The second-order valence-corrected chi connectivity index (χ2v) is 4.66. The first-order valence-electron chi connectivity index (χ1n) is 6.97. The van der Waals surface area contributed by atoms with Crippen molar-refractivity contribution in [1.29, 1.82) is 0 Å². The molecule has 0 amide bonds. The Hall–Kier alpha value is -3.01. The van der Waals surface area contributed by atoms with Crippen molar-refractivity contribution in [3.63, 3.8) is 0 Å². The van der Waals surface area contributed by atoms with Crippen LogP contribution in [0.3, 0.4) is 0 Å². The Morgan fingerprint density at radius 2 is 1.86 bits per heavy atom. The summed E-state index contributed by atoms with van der Waals surface area (Å²) < 4.78 is 5.89. The summed E-state index contributed by atoms with van der Waals surface area (Å²) in [7, 11) is 0. The molecule has 0 fully saturated rings. The van der Waals surface area contributed by atoms with Gasteiger partial charge in [-0.05, 0) is 30.4 Å². The number of hydrogen-bond acceptors (Lipinski definition) is 4. The highest BCUT2D eigenvalue weighted by Crippen LogP contribution is 2.21. The number of pyridine rings is 1. The first kappa shape index (κ1) is 13.9. The predicted octanol–water partition coefficient (Wildman–Crippen LogP) is 3.62. The van der Waals surface area contributed by atoms with Crippen LogP contribution in [0.4, 0.5) is 0 Å². The fourth-order valence-corrected chi connectivity index (χ4v) is 1.97. The Labute approximate surface area is 129 Å². The van der Waals surface area contributed by atoms with Gasteiger partial charge < -0.3 is 4.74 Å². The molecule has 2 heterocycles. The molecule has 0 saturated heterocycles. The topological polar surface area (TPSA) is 47.9 Å². The highest BCUT2D eigenvalue weighted by Gasteiger charge is 2.01. The van der Waals surface area contributed by atoms with Gasteiger partial charge in [0.2, 0.25) is 0 Å². The van der Waals surface area contributed by atoms with Crippen molar-refractivity contribution in [2.24, 2.45) is 0 Å². The molecule has 0 spiro atoms. The van der Waals surface area contributed by atoms with Gasteiger partial charge >= 0.3 is 0 Å². The summed E-state index contributed by atoms with van der Waals surface area (Å²) >= 11 is 0. The van der Waals surface area contributed by atoms with Crippen molar-refractivity contribution in [3.8, 4) is 5.75 Å². The second-order valence-electron chi connectivity index (χ2n) is 4.66. The molecular weight excluding hydrogens is 274 g/mol. The number of rotatable bonds is 5. The zero-order valence-corrected chi connectivity index (χ0v) is 12.0.